The molecule has 8 heteroatoms. The van der Waals surface area contributed by atoms with Gasteiger partial charge in [0.05, 0.1) is 11.1 Å². The Bertz CT molecular complexity index is 1350. The van der Waals surface area contributed by atoms with Gasteiger partial charge < -0.3 is 15.5 Å². The number of nitrogens with zero attached hydrogens (tertiary/aromatic N) is 5. The van der Waals surface area contributed by atoms with Crippen LogP contribution in [0.25, 0.3) is 11.3 Å². The maximum atomic E-state index is 14.0. The summed E-state index contributed by atoms with van der Waals surface area (Å²) in [6.45, 7) is 5.03. The zero-order valence-electron chi connectivity index (χ0n) is 21.3. The summed E-state index contributed by atoms with van der Waals surface area (Å²) in [6.07, 6.45) is 7.65. The topological polar surface area (TPSA) is 97.3 Å². The van der Waals surface area contributed by atoms with Crippen molar-refractivity contribution >= 4 is 17.4 Å². The Kier molecular flexibility index (Phi) is 6.76. The molecule has 2 amide bonds. The van der Waals surface area contributed by atoms with Crippen LogP contribution in [-0.2, 0) is 11.2 Å². The second-order valence-electron chi connectivity index (χ2n) is 9.92. The van der Waals surface area contributed by atoms with Crippen molar-refractivity contribution < 1.29 is 9.59 Å². The van der Waals surface area contributed by atoms with E-state index in [-0.39, 0.29) is 11.7 Å². The number of piperazine rings is 1. The number of allylic oxidation sites excluding steroid dienone is 3. The van der Waals surface area contributed by atoms with E-state index in [4.69, 9.17) is 5.73 Å². The fourth-order valence-electron chi connectivity index (χ4n) is 5.07. The Morgan fingerprint density at radius 3 is 2.30 bits per heavy atom. The van der Waals surface area contributed by atoms with Crippen LogP contribution in [0.15, 0.2) is 72.8 Å². The molecule has 1 aliphatic carbocycles. The van der Waals surface area contributed by atoms with E-state index in [9.17, 15) is 9.59 Å². The average Bonchev–Trinajstić information content (AvgIpc) is 3.32. The Labute approximate surface area is 217 Å². The van der Waals surface area contributed by atoms with Gasteiger partial charge in [0.2, 0.25) is 11.7 Å². The molecule has 2 heterocycles. The highest BCUT2D eigenvalue weighted by atomic mass is 16.2. The van der Waals surface area contributed by atoms with Gasteiger partial charge in [-0.1, -0.05) is 60.7 Å². The predicted octanol–water partition coefficient (Wildman–Crippen LogP) is 3.02. The van der Waals surface area contributed by atoms with Crippen molar-refractivity contribution in [2.45, 2.75) is 19.8 Å². The Morgan fingerprint density at radius 2 is 1.70 bits per heavy atom. The van der Waals surface area contributed by atoms with Crippen LogP contribution >= 0.6 is 0 Å². The fourth-order valence-corrected chi connectivity index (χ4v) is 5.07. The molecule has 2 N–H and O–H groups in total. The van der Waals surface area contributed by atoms with Crippen LogP contribution in [0.2, 0.25) is 0 Å². The smallest absolute Gasteiger partial charge is 0.288 e. The van der Waals surface area contributed by atoms with E-state index in [1.54, 1.807) is 11.6 Å². The van der Waals surface area contributed by atoms with Gasteiger partial charge in [0.15, 0.2) is 0 Å². The van der Waals surface area contributed by atoms with Gasteiger partial charge in [-0.25, -0.2) is 9.67 Å². The van der Waals surface area contributed by atoms with Crippen molar-refractivity contribution in [2.75, 3.05) is 33.2 Å². The number of aromatic nitrogens is 3. The molecule has 2 aromatic carbocycles. The molecule has 0 saturated carbocycles. The number of rotatable bonds is 6. The van der Waals surface area contributed by atoms with Gasteiger partial charge in [0, 0.05) is 26.2 Å². The van der Waals surface area contributed by atoms with Gasteiger partial charge in [0.1, 0.15) is 5.82 Å². The standard InChI is InChI=1S/C29H32N6O2/c1-21-31-27(26(30)36)32-35(21)25-10-8-22(9-11-25)20-29(28(37)34-18-16-33(2)17-19-34)14-12-24(13-15-29)23-6-4-3-5-7-23/h3-14H,15-20H2,1-2H3,(H2,30,36). The van der Waals surface area contributed by atoms with Crippen molar-refractivity contribution in [1.82, 2.24) is 24.6 Å². The first-order valence-corrected chi connectivity index (χ1v) is 12.6. The number of primary amides is 1. The summed E-state index contributed by atoms with van der Waals surface area (Å²) in [4.78, 5) is 33.9. The second-order valence-corrected chi connectivity index (χ2v) is 9.92. The van der Waals surface area contributed by atoms with Crippen LogP contribution in [0.3, 0.4) is 0 Å². The van der Waals surface area contributed by atoms with E-state index in [1.165, 1.54) is 0 Å². The van der Waals surface area contributed by atoms with Crippen LogP contribution in [0.4, 0.5) is 0 Å². The number of aryl methyl sites for hydroxylation is 1. The number of carbonyl (C=O) groups is 2. The summed E-state index contributed by atoms with van der Waals surface area (Å²) >= 11 is 0. The third-order valence-corrected chi connectivity index (χ3v) is 7.28. The van der Waals surface area contributed by atoms with Crippen molar-refractivity contribution in [3.05, 3.63) is 95.6 Å². The van der Waals surface area contributed by atoms with E-state index in [0.717, 1.165) is 48.6 Å². The highest BCUT2D eigenvalue weighted by Gasteiger charge is 2.40. The minimum absolute atomic E-state index is 0.00773. The highest BCUT2D eigenvalue weighted by molar-refractivity contribution is 5.89. The molecule has 0 bridgehead atoms. The van der Waals surface area contributed by atoms with Crippen molar-refractivity contribution in [3.63, 3.8) is 0 Å². The van der Waals surface area contributed by atoms with Crippen LogP contribution in [0.5, 0.6) is 0 Å². The van der Waals surface area contributed by atoms with Crippen molar-refractivity contribution in [1.29, 1.82) is 0 Å². The Hall–Kier alpha value is -4.04. The van der Waals surface area contributed by atoms with E-state index < -0.39 is 11.3 Å². The molecule has 1 aliphatic heterocycles. The number of hydrogen-bond donors (Lipinski definition) is 1. The third kappa shape index (κ3) is 5.11. The van der Waals surface area contributed by atoms with Crippen LogP contribution < -0.4 is 5.73 Å². The SMILES string of the molecule is Cc1nc(C(N)=O)nn1-c1ccc(CC2(C(=O)N3CCN(C)CC3)C=CC(c3ccccc3)=CC2)cc1. The number of carbonyl (C=O) groups excluding carboxylic acids is 2. The fraction of sp³-hybridized carbons (Fsp3) is 0.310. The molecule has 0 spiro atoms. The monoisotopic (exact) mass is 496 g/mol. The summed E-state index contributed by atoms with van der Waals surface area (Å²) in [6, 6.07) is 18.2. The normalized spacial score (nSPS) is 20.1. The van der Waals surface area contributed by atoms with E-state index in [0.29, 0.717) is 18.7 Å². The lowest BCUT2D eigenvalue weighted by Crippen LogP contribution is -2.52. The summed E-state index contributed by atoms with van der Waals surface area (Å²) in [5.41, 5.74) is 8.83. The predicted molar refractivity (Wildman–Crippen MR) is 143 cm³/mol. The van der Waals surface area contributed by atoms with Crippen LogP contribution in [0, 0.1) is 12.3 Å². The Morgan fingerprint density at radius 1 is 1.00 bits per heavy atom. The largest absolute Gasteiger partial charge is 0.363 e. The number of benzene rings is 2. The third-order valence-electron chi connectivity index (χ3n) is 7.28. The van der Waals surface area contributed by atoms with Crippen molar-refractivity contribution in [3.8, 4) is 5.69 Å². The molecule has 3 aromatic rings. The molecule has 1 aromatic heterocycles. The molecule has 190 valence electrons. The van der Waals surface area contributed by atoms with Gasteiger partial charge in [-0.05, 0) is 55.6 Å². The minimum atomic E-state index is -0.658. The first-order valence-electron chi connectivity index (χ1n) is 12.6. The lowest BCUT2D eigenvalue weighted by molar-refractivity contribution is -0.141. The maximum Gasteiger partial charge on any atom is 0.288 e. The summed E-state index contributed by atoms with van der Waals surface area (Å²) < 4.78 is 1.60. The van der Waals surface area contributed by atoms with E-state index in [2.05, 4.69) is 52.4 Å². The summed E-state index contributed by atoms with van der Waals surface area (Å²) in [5.74, 6) is 0.0982. The van der Waals surface area contributed by atoms with Crippen molar-refractivity contribution in [2.24, 2.45) is 11.1 Å². The van der Waals surface area contributed by atoms with Gasteiger partial charge in [0.25, 0.3) is 5.91 Å². The molecule has 2 aliphatic rings. The van der Waals surface area contributed by atoms with Crippen LogP contribution in [0.1, 0.15) is 34.0 Å². The molecule has 37 heavy (non-hydrogen) atoms. The zero-order chi connectivity index (χ0) is 26.0. The molecule has 5 rings (SSSR count). The maximum absolute atomic E-state index is 14.0. The quantitative estimate of drug-likeness (QED) is 0.566. The molecule has 1 fully saturated rings. The Balaban J connectivity index is 1.41. The summed E-state index contributed by atoms with van der Waals surface area (Å²) in [5, 5.41) is 4.22. The van der Waals surface area contributed by atoms with E-state index >= 15 is 0 Å². The van der Waals surface area contributed by atoms with Crippen LogP contribution in [-0.4, -0.2) is 69.6 Å². The lowest BCUT2D eigenvalue weighted by atomic mass is 9.73. The van der Waals surface area contributed by atoms with E-state index in [1.807, 2.05) is 47.4 Å². The number of hydrogen-bond acceptors (Lipinski definition) is 5. The molecule has 8 nitrogen and oxygen atoms in total. The average molecular weight is 497 g/mol. The van der Waals surface area contributed by atoms with Gasteiger partial charge in [-0.15, -0.1) is 5.10 Å². The zero-order valence-corrected chi connectivity index (χ0v) is 21.3. The molecular formula is C29H32N6O2. The first kappa shape index (κ1) is 24.6. The molecule has 1 atom stereocenters. The van der Waals surface area contributed by atoms with Gasteiger partial charge in [-0.2, -0.15) is 0 Å². The van der Waals surface area contributed by atoms with Gasteiger partial charge >= 0.3 is 0 Å². The number of amides is 2. The summed E-state index contributed by atoms with van der Waals surface area (Å²) in [7, 11) is 2.09. The second kappa shape index (κ2) is 10.1. The minimum Gasteiger partial charge on any atom is -0.363 e. The number of likely N-dealkylation sites (N-methyl/N-ethyl adjacent to an activating group) is 1. The lowest BCUT2D eigenvalue weighted by Gasteiger charge is -2.40. The first-order chi connectivity index (χ1) is 17.8. The molecular weight excluding hydrogens is 464 g/mol. The molecule has 0 radical (unpaired) electrons. The number of nitrogens with two attached hydrogens (primary N) is 1. The van der Waals surface area contributed by atoms with Gasteiger partial charge in [-0.3, -0.25) is 9.59 Å². The molecule has 1 saturated heterocycles. The highest BCUT2D eigenvalue weighted by Crippen LogP contribution is 2.38. The molecule has 1 unspecified atom stereocenters.